The Morgan fingerprint density at radius 2 is 2.00 bits per heavy atom. The zero-order valence-corrected chi connectivity index (χ0v) is 15.7. The number of carbonyl (C=O) groups is 1. The highest BCUT2D eigenvalue weighted by Gasteiger charge is 2.25. The average molecular weight is 360 g/mol. The van der Waals surface area contributed by atoms with Crippen LogP contribution in [0, 0.1) is 6.92 Å². The molecule has 3 aromatic rings. The SMILES string of the molecule is CC(=O)NC1Cc2ccccc2N(Cc2cn[nH]c2-c2ccc(C)cc2)C1. The highest BCUT2D eigenvalue weighted by Crippen LogP contribution is 2.30. The van der Waals surface area contributed by atoms with Crippen molar-refractivity contribution >= 4 is 11.6 Å². The van der Waals surface area contributed by atoms with Crippen molar-refractivity contribution in [1.29, 1.82) is 0 Å². The van der Waals surface area contributed by atoms with Crippen molar-refractivity contribution in [2.75, 3.05) is 11.4 Å². The molecule has 138 valence electrons. The number of anilines is 1. The second kappa shape index (κ2) is 7.27. The van der Waals surface area contributed by atoms with Crippen LogP contribution in [0.25, 0.3) is 11.3 Å². The van der Waals surface area contributed by atoms with E-state index in [1.165, 1.54) is 16.8 Å². The first kappa shape index (κ1) is 17.3. The van der Waals surface area contributed by atoms with Gasteiger partial charge in [0.05, 0.1) is 17.9 Å². The molecule has 0 bridgehead atoms. The Morgan fingerprint density at radius 3 is 2.78 bits per heavy atom. The zero-order chi connectivity index (χ0) is 18.8. The molecule has 0 saturated carbocycles. The van der Waals surface area contributed by atoms with E-state index in [1.807, 2.05) is 6.20 Å². The topological polar surface area (TPSA) is 61.0 Å². The molecule has 0 saturated heterocycles. The number of aromatic amines is 1. The van der Waals surface area contributed by atoms with E-state index in [0.717, 1.165) is 36.3 Å². The Kier molecular flexibility index (Phi) is 4.67. The monoisotopic (exact) mass is 360 g/mol. The third kappa shape index (κ3) is 3.72. The number of aryl methyl sites for hydroxylation is 1. The lowest BCUT2D eigenvalue weighted by atomic mass is 9.97. The number of para-hydroxylation sites is 1. The van der Waals surface area contributed by atoms with Crippen LogP contribution < -0.4 is 10.2 Å². The van der Waals surface area contributed by atoms with Crippen LogP contribution >= 0.6 is 0 Å². The number of hydrogen-bond donors (Lipinski definition) is 2. The number of fused-ring (bicyclic) bond motifs is 1. The highest BCUT2D eigenvalue weighted by molar-refractivity contribution is 5.74. The van der Waals surface area contributed by atoms with Crippen LogP contribution in [0.15, 0.2) is 54.7 Å². The predicted molar refractivity (Wildman–Crippen MR) is 108 cm³/mol. The number of amides is 1. The van der Waals surface area contributed by atoms with E-state index in [0.29, 0.717) is 0 Å². The molecule has 4 rings (SSSR count). The van der Waals surface area contributed by atoms with Crippen LogP contribution in [0.4, 0.5) is 5.69 Å². The Bertz CT molecular complexity index is 945. The lowest BCUT2D eigenvalue weighted by Crippen LogP contribution is -2.47. The molecule has 1 aromatic heterocycles. The molecule has 2 heterocycles. The highest BCUT2D eigenvalue weighted by atomic mass is 16.1. The fraction of sp³-hybridized carbons (Fsp3) is 0.273. The van der Waals surface area contributed by atoms with Gasteiger partial charge < -0.3 is 10.2 Å². The first-order chi connectivity index (χ1) is 13.1. The summed E-state index contributed by atoms with van der Waals surface area (Å²) < 4.78 is 0. The van der Waals surface area contributed by atoms with E-state index >= 15 is 0 Å². The van der Waals surface area contributed by atoms with Crippen molar-refractivity contribution in [2.24, 2.45) is 0 Å². The summed E-state index contributed by atoms with van der Waals surface area (Å²) in [7, 11) is 0. The van der Waals surface area contributed by atoms with Crippen molar-refractivity contribution < 1.29 is 4.79 Å². The lowest BCUT2D eigenvalue weighted by Gasteiger charge is -2.36. The van der Waals surface area contributed by atoms with E-state index in [4.69, 9.17) is 0 Å². The molecule has 2 aromatic carbocycles. The fourth-order valence-corrected chi connectivity index (χ4v) is 3.83. The number of aromatic nitrogens is 2. The molecule has 5 nitrogen and oxygen atoms in total. The molecule has 2 N–H and O–H groups in total. The number of nitrogens with one attached hydrogen (secondary N) is 2. The number of H-pyrrole nitrogens is 1. The van der Waals surface area contributed by atoms with Gasteiger partial charge in [-0.1, -0.05) is 48.0 Å². The number of nitrogens with zero attached hydrogens (tertiary/aromatic N) is 2. The Hall–Kier alpha value is -3.08. The van der Waals surface area contributed by atoms with Gasteiger partial charge >= 0.3 is 0 Å². The maximum atomic E-state index is 11.6. The average Bonchev–Trinajstić information content (AvgIpc) is 3.10. The third-order valence-corrected chi connectivity index (χ3v) is 5.07. The molecule has 0 aliphatic carbocycles. The number of hydrogen-bond acceptors (Lipinski definition) is 3. The van der Waals surface area contributed by atoms with Crippen molar-refractivity contribution in [3.05, 3.63) is 71.4 Å². The number of rotatable bonds is 4. The predicted octanol–water partition coefficient (Wildman–Crippen LogP) is 3.45. The van der Waals surface area contributed by atoms with Crippen LogP contribution in [0.2, 0.25) is 0 Å². The minimum Gasteiger partial charge on any atom is -0.365 e. The van der Waals surface area contributed by atoms with Gasteiger partial charge in [-0.3, -0.25) is 9.89 Å². The summed E-state index contributed by atoms with van der Waals surface area (Å²) in [5, 5.41) is 10.5. The Labute approximate surface area is 159 Å². The number of benzene rings is 2. The molecule has 1 amide bonds. The van der Waals surface area contributed by atoms with Gasteiger partial charge in [0.25, 0.3) is 0 Å². The molecule has 1 unspecified atom stereocenters. The van der Waals surface area contributed by atoms with Crippen molar-refractivity contribution in [3.8, 4) is 11.3 Å². The van der Waals surface area contributed by atoms with E-state index in [1.54, 1.807) is 6.92 Å². The van der Waals surface area contributed by atoms with Gasteiger partial charge in [-0.15, -0.1) is 0 Å². The van der Waals surface area contributed by atoms with Gasteiger partial charge in [0.2, 0.25) is 5.91 Å². The third-order valence-electron chi connectivity index (χ3n) is 5.07. The Balaban J connectivity index is 1.63. The molecule has 5 heteroatoms. The second-order valence-corrected chi connectivity index (χ2v) is 7.25. The molecule has 0 spiro atoms. The van der Waals surface area contributed by atoms with E-state index in [9.17, 15) is 4.79 Å². The zero-order valence-electron chi connectivity index (χ0n) is 15.7. The Morgan fingerprint density at radius 1 is 1.22 bits per heavy atom. The standard InChI is InChI=1S/C22H24N4O/c1-15-7-9-17(10-8-15)22-19(12-23-25-22)13-26-14-20(24-16(2)27)11-18-5-3-4-6-21(18)26/h3-10,12,20H,11,13-14H2,1-2H3,(H,23,25)(H,24,27). The van der Waals surface area contributed by atoms with Crippen molar-refractivity contribution in [2.45, 2.75) is 32.9 Å². The van der Waals surface area contributed by atoms with Gasteiger partial charge in [0, 0.05) is 31.3 Å². The first-order valence-corrected chi connectivity index (χ1v) is 9.29. The van der Waals surface area contributed by atoms with E-state index in [-0.39, 0.29) is 11.9 Å². The van der Waals surface area contributed by atoms with Crippen molar-refractivity contribution in [3.63, 3.8) is 0 Å². The van der Waals surface area contributed by atoms with Gasteiger partial charge in [-0.25, -0.2) is 0 Å². The van der Waals surface area contributed by atoms with Crippen LogP contribution in [0.1, 0.15) is 23.6 Å². The van der Waals surface area contributed by atoms with Crippen LogP contribution in [0.3, 0.4) is 0 Å². The summed E-state index contributed by atoms with van der Waals surface area (Å²) in [5.74, 6) is 0.0167. The summed E-state index contributed by atoms with van der Waals surface area (Å²) in [5.41, 5.74) is 7.07. The van der Waals surface area contributed by atoms with Crippen molar-refractivity contribution in [1.82, 2.24) is 15.5 Å². The second-order valence-electron chi connectivity index (χ2n) is 7.25. The van der Waals surface area contributed by atoms with Crippen LogP contribution in [-0.2, 0) is 17.8 Å². The molecule has 0 fully saturated rings. The minimum atomic E-state index is 0.0167. The van der Waals surface area contributed by atoms with Gasteiger partial charge in [0.1, 0.15) is 0 Å². The summed E-state index contributed by atoms with van der Waals surface area (Å²) in [6, 6.07) is 17.0. The summed E-state index contributed by atoms with van der Waals surface area (Å²) >= 11 is 0. The molecule has 0 radical (unpaired) electrons. The minimum absolute atomic E-state index is 0.0167. The molecular weight excluding hydrogens is 336 g/mol. The summed E-state index contributed by atoms with van der Waals surface area (Å²) in [4.78, 5) is 13.9. The number of carbonyl (C=O) groups excluding carboxylic acids is 1. The first-order valence-electron chi connectivity index (χ1n) is 9.29. The molecule has 27 heavy (non-hydrogen) atoms. The van der Waals surface area contributed by atoms with Gasteiger partial charge in [-0.2, -0.15) is 5.10 Å². The quantitative estimate of drug-likeness (QED) is 0.749. The van der Waals surface area contributed by atoms with Gasteiger partial charge in [-0.05, 0) is 30.5 Å². The summed E-state index contributed by atoms with van der Waals surface area (Å²) in [6.45, 7) is 5.20. The van der Waals surface area contributed by atoms with Crippen LogP contribution in [0.5, 0.6) is 0 Å². The molecule has 1 atom stereocenters. The molecule has 1 aliphatic rings. The fourth-order valence-electron chi connectivity index (χ4n) is 3.83. The lowest BCUT2D eigenvalue weighted by molar-refractivity contribution is -0.119. The molecule has 1 aliphatic heterocycles. The normalized spacial score (nSPS) is 16.1. The maximum absolute atomic E-state index is 11.6. The summed E-state index contributed by atoms with van der Waals surface area (Å²) in [6.07, 6.45) is 2.77. The molecular formula is C22H24N4O. The largest absolute Gasteiger partial charge is 0.365 e. The van der Waals surface area contributed by atoms with E-state index < -0.39 is 0 Å². The van der Waals surface area contributed by atoms with E-state index in [2.05, 4.69) is 75.9 Å². The smallest absolute Gasteiger partial charge is 0.217 e. The van der Waals surface area contributed by atoms with Crippen LogP contribution in [-0.4, -0.2) is 28.7 Å². The maximum Gasteiger partial charge on any atom is 0.217 e. The van der Waals surface area contributed by atoms with Gasteiger partial charge in [0.15, 0.2) is 0 Å².